The van der Waals surface area contributed by atoms with Gasteiger partial charge in [0.05, 0.1) is 12.0 Å². The van der Waals surface area contributed by atoms with Crippen molar-refractivity contribution < 1.29 is 14.7 Å². The van der Waals surface area contributed by atoms with Crippen molar-refractivity contribution >= 4 is 11.9 Å². The van der Waals surface area contributed by atoms with Crippen LogP contribution in [0.15, 0.2) is 30.3 Å². The third-order valence-electron chi connectivity index (χ3n) is 3.90. The lowest BCUT2D eigenvalue weighted by molar-refractivity contribution is -0.141. The maximum absolute atomic E-state index is 12.2. The number of hydrogen-bond acceptors (Lipinski definition) is 3. The molecule has 1 aliphatic rings. The number of likely N-dealkylation sites (tertiary alicyclic amines) is 1. The van der Waals surface area contributed by atoms with Crippen LogP contribution in [0, 0.1) is 5.92 Å². The second-order valence-corrected chi connectivity index (χ2v) is 5.60. The molecule has 0 bridgehead atoms. The Bertz CT molecular complexity index is 490. The van der Waals surface area contributed by atoms with Gasteiger partial charge in [0.15, 0.2) is 0 Å². The van der Waals surface area contributed by atoms with Crippen molar-refractivity contribution in [1.82, 2.24) is 10.2 Å². The average Bonchev–Trinajstić information content (AvgIpc) is 2.93. The van der Waals surface area contributed by atoms with Crippen LogP contribution in [0.2, 0.25) is 0 Å². The van der Waals surface area contributed by atoms with Gasteiger partial charge in [-0.05, 0) is 24.9 Å². The molecule has 1 aromatic rings. The average molecular weight is 290 g/mol. The zero-order valence-electron chi connectivity index (χ0n) is 12.3. The third kappa shape index (κ3) is 4.29. The summed E-state index contributed by atoms with van der Waals surface area (Å²) in [5.41, 5.74) is 1.19. The maximum atomic E-state index is 12.2. The van der Waals surface area contributed by atoms with E-state index in [0.29, 0.717) is 0 Å². The summed E-state index contributed by atoms with van der Waals surface area (Å²) in [4.78, 5) is 25.2. The van der Waals surface area contributed by atoms with Gasteiger partial charge in [-0.15, -0.1) is 0 Å². The summed E-state index contributed by atoms with van der Waals surface area (Å²) in [5, 5.41) is 11.6. The van der Waals surface area contributed by atoms with Crippen molar-refractivity contribution in [2.24, 2.45) is 5.92 Å². The highest BCUT2D eigenvalue weighted by atomic mass is 16.4. The van der Waals surface area contributed by atoms with Gasteiger partial charge >= 0.3 is 5.97 Å². The quantitative estimate of drug-likeness (QED) is 0.833. The Morgan fingerprint density at radius 3 is 2.76 bits per heavy atom. The Balaban J connectivity index is 1.89. The van der Waals surface area contributed by atoms with E-state index in [9.17, 15) is 9.59 Å². The van der Waals surface area contributed by atoms with Crippen LogP contribution in [0.1, 0.15) is 25.3 Å². The lowest BCUT2D eigenvalue weighted by atomic mass is 10.1. The Labute approximate surface area is 125 Å². The van der Waals surface area contributed by atoms with Crippen LogP contribution in [-0.2, 0) is 16.1 Å². The lowest BCUT2D eigenvalue weighted by Crippen LogP contribution is -2.44. The van der Waals surface area contributed by atoms with Crippen LogP contribution >= 0.6 is 0 Å². The molecule has 0 radical (unpaired) electrons. The van der Waals surface area contributed by atoms with E-state index in [-0.39, 0.29) is 18.5 Å². The zero-order chi connectivity index (χ0) is 15.2. The minimum atomic E-state index is -0.886. The number of hydrogen-bond donors (Lipinski definition) is 2. The molecule has 2 N–H and O–H groups in total. The standard InChI is InChI=1S/C16H22N2O3/c1-12(16(20)21)10-17-15(19)14-8-5-9-18(14)11-13-6-3-2-4-7-13/h2-4,6-7,12,14H,5,8-11H2,1H3,(H,17,19)(H,20,21)/t12-,14+/m1/s1. The normalized spacial score (nSPS) is 20.1. The molecule has 2 rings (SSSR count). The molecule has 1 aliphatic heterocycles. The van der Waals surface area contributed by atoms with Crippen LogP contribution in [0.4, 0.5) is 0 Å². The van der Waals surface area contributed by atoms with Crippen LogP contribution < -0.4 is 5.32 Å². The van der Waals surface area contributed by atoms with Crippen molar-refractivity contribution in [1.29, 1.82) is 0 Å². The summed E-state index contributed by atoms with van der Waals surface area (Å²) < 4.78 is 0. The number of amides is 1. The molecule has 2 atom stereocenters. The van der Waals surface area contributed by atoms with Gasteiger partial charge in [0, 0.05) is 13.1 Å². The monoisotopic (exact) mass is 290 g/mol. The molecule has 1 saturated heterocycles. The first-order valence-electron chi connectivity index (χ1n) is 7.36. The van der Waals surface area contributed by atoms with Gasteiger partial charge in [0.25, 0.3) is 0 Å². The van der Waals surface area contributed by atoms with Gasteiger partial charge in [-0.25, -0.2) is 0 Å². The van der Waals surface area contributed by atoms with E-state index in [4.69, 9.17) is 5.11 Å². The fraction of sp³-hybridized carbons (Fsp3) is 0.500. The molecule has 0 saturated carbocycles. The van der Waals surface area contributed by atoms with Gasteiger partial charge in [-0.2, -0.15) is 0 Å². The van der Waals surface area contributed by atoms with E-state index in [0.717, 1.165) is 25.9 Å². The first-order chi connectivity index (χ1) is 10.1. The van der Waals surface area contributed by atoms with Crippen LogP contribution in [-0.4, -0.2) is 41.0 Å². The first-order valence-corrected chi connectivity index (χ1v) is 7.36. The van der Waals surface area contributed by atoms with E-state index in [1.165, 1.54) is 5.56 Å². The molecule has 21 heavy (non-hydrogen) atoms. The molecule has 1 heterocycles. The van der Waals surface area contributed by atoms with E-state index in [2.05, 4.69) is 22.3 Å². The maximum Gasteiger partial charge on any atom is 0.308 e. The molecule has 5 nitrogen and oxygen atoms in total. The highest BCUT2D eigenvalue weighted by Crippen LogP contribution is 2.20. The number of aliphatic carboxylic acids is 1. The molecule has 0 unspecified atom stereocenters. The summed E-state index contributed by atoms with van der Waals surface area (Å²) in [6.07, 6.45) is 1.83. The molecule has 114 valence electrons. The van der Waals surface area contributed by atoms with Crippen LogP contribution in [0.5, 0.6) is 0 Å². The molecule has 0 aromatic heterocycles. The van der Waals surface area contributed by atoms with Crippen molar-refractivity contribution in [3.05, 3.63) is 35.9 Å². The smallest absolute Gasteiger partial charge is 0.308 e. The summed E-state index contributed by atoms with van der Waals surface area (Å²) in [7, 11) is 0. The van der Waals surface area contributed by atoms with Crippen molar-refractivity contribution in [2.45, 2.75) is 32.4 Å². The summed E-state index contributed by atoms with van der Waals surface area (Å²) in [6.45, 7) is 3.44. The molecular weight excluding hydrogens is 268 g/mol. The Kier molecular flexibility index (Phi) is 5.33. The van der Waals surface area contributed by atoms with E-state index < -0.39 is 11.9 Å². The summed E-state index contributed by atoms with van der Waals surface area (Å²) >= 11 is 0. The van der Waals surface area contributed by atoms with Crippen molar-refractivity contribution in [3.63, 3.8) is 0 Å². The van der Waals surface area contributed by atoms with Gasteiger partial charge in [0.1, 0.15) is 0 Å². The lowest BCUT2D eigenvalue weighted by Gasteiger charge is -2.24. The number of nitrogens with zero attached hydrogens (tertiary/aromatic N) is 1. The highest BCUT2D eigenvalue weighted by molar-refractivity contribution is 5.82. The third-order valence-corrected chi connectivity index (χ3v) is 3.90. The van der Waals surface area contributed by atoms with E-state index in [1.54, 1.807) is 6.92 Å². The molecule has 0 aliphatic carbocycles. The Morgan fingerprint density at radius 2 is 2.10 bits per heavy atom. The number of carboxylic acids is 1. The Hall–Kier alpha value is -1.88. The molecule has 1 fully saturated rings. The SMILES string of the molecule is C[C@H](CNC(=O)[C@@H]1CCCN1Cc1ccccc1)C(=O)O. The highest BCUT2D eigenvalue weighted by Gasteiger charge is 2.30. The number of carbonyl (C=O) groups is 2. The molecule has 1 amide bonds. The molecule has 5 heteroatoms. The molecule has 1 aromatic carbocycles. The second-order valence-electron chi connectivity index (χ2n) is 5.60. The second kappa shape index (κ2) is 7.22. The molecular formula is C16H22N2O3. The summed E-state index contributed by atoms with van der Waals surface area (Å²) in [5.74, 6) is -1.50. The predicted octanol–water partition coefficient (Wildman–Crippen LogP) is 1.49. The number of nitrogens with one attached hydrogen (secondary N) is 1. The number of carbonyl (C=O) groups excluding carboxylic acids is 1. The fourth-order valence-corrected chi connectivity index (χ4v) is 2.59. The number of rotatable bonds is 6. The van der Waals surface area contributed by atoms with Gasteiger partial charge in [-0.3, -0.25) is 14.5 Å². The van der Waals surface area contributed by atoms with Gasteiger partial charge in [0.2, 0.25) is 5.91 Å². The Morgan fingerprint density at radius 1 is 1.38 bits per heavy atom. The molecule has 0 spiro atoms. The van der Waals surface area contributed by atoms with E-state index in [1.807, 2.05) is 18.2 Å². The summed E-state index contributed by atoms with van der Waals surface area (Å²) in [6, 6.07) is 9.93. The van der Waals surface area contributed by atoms with Gasteiger partial charge < -0.3 is 10.4 Å². The fourth-order valence-electron chi connectivity index (χ4n) is 2.59. The first kappa shape index (κ1) is 15.5. The number of carboxylic acid groups (broad SMARTS) is 1. The van der Waals surface area contributed by atoms with Crippen LogP contribution in [0.3, 0.4) is 0 Å². The zero-order valence-corrected chi connectivity index (χ0v) is 12.3. The van der Waals surface area contributed by atoms with E-state index >= 15 is 0 Å². The topological polar surface area (TPSA) is 69.6 Å². The predicted molar refractivity (Wildman–Crippen MR) is 79.7 cm³/mol. The largest absolute Gasteiger partial charge is 0.481 e. The minimum Gasteiger partial charge on any atom is -0.481 e. The van der Waals surface area contributed by atoms with Crippen molar-refractivity contribution in [3.8, 4) is 0 Å². The van der Waals surface area contributed by atoms with Crippen LogP contribution in [0.25, 0.3) is 0 Å². The number of benzene rings is 1. The van der Waals surface area contributed by atoms with Crippen molar-refractivity contribution in [2.75, 3.05) is 13.1 Å². The van der Waals surface area contributed by atoms with Gasteiger partial charge in [-0.1, -0.05) is 37.3 Å². The minimum absolute atomic E-state index is 0.0588.